The molecule has 132 valence electrons. The number of carbonyl (C=O) groups is 1. The fourth-order valence-corrected chi connectivity index (χ4v) is 3.34. The fourth-order valence-electron chi connectivity index (χ4n) is 3.34. The van der Waals surface area contributed by atoms with Gasteiger partial charge in [-0.1, -0.05) is 17.3 Å². The predicted molar refractivity (Wildman–Crippen MR) is 95.7 cm³/mol. The first kappa shape index (κ1) is 16.3. The van der Waals surface area contributed by atoms with Gasteiger partial charge in [0.2, 0.25) is 0 Å². The van der Waals surface area contributed by atoms with E-state index in [0.29, 0.717) is 30.5 Å². The molecule has 0 saturated carbocycles. The Bertz CT molecular complexity index is 882. The first-order chi connectivity index (χ1) is 12.7. The topological polar surface area (TPSA) is 79.5 Å². The van der Waals surface area contributed by atoms with E-state index in [1.54, 1.807) is 30.6 Å². The maximum atomic E-state index is 12.7. The molecule has 1 aliphatic heterocycles. The number of aromatic nitrogens is 2. The van der Waals surface area contributed by atoms with Crippen LogP contribution in [-0.2, 0) is 0 Å². The molecule has 1 fully saturated rings. The number of hydrogen-bond acceptors (Lipinski definition) is 5. The lowest BCUT2D eigenvalue weighted by Crippen LogP contribution is -2.38. The number of rotatable bonds is 3. The number of hydrogen-bond donors (Lipinski definition) is 1. The summed E-state index contributed by atoms with van der Waals surface area (Å²) < 4.78 is 5.30. The summed E-state index contributed by atoms with van der Waals surface area (Å²) in [5.74, 6) is 1.12. The van der Waals surface area contributed by atoms with Crippen molar-refractivity contribution < 1.29 is 14.4 Å². The molecule has 1 aromatic carbocycles. The second-order valence-electron chi connectivity index (χ2n) is 6.48. The van der Waals surface area contributed by atoms with E-state index in [0.717, 1.165) is 18.4 Å². The first-order valence-electron chi connectivity index (χ1n) is 8.66. The lowest BCUT2D eigenvalue weighted by molar-refractivity contribution is 0.0702. The van der Waals surface area contributed by atoms with Gasteiger partial charge in [0.1, 0.15) is 5.75 Å². The summed E-state index contributed by atoms with van der Waals surface area (Å²) in [6, 6.07) is 12.7. The van der Waals surface area contributed by atoms with Crippen LogP contribution in [0.2, 0.25) is 0 Å². The molecule has 26 heavy (non-hydrogen) atoms. The molecule has 3 heterocycles. The molecule has 0 bridgehead atoms. The zero-order valence-corrected chi connectivity index (χ0v) is 14.2. The molecule has 0 unspecified atom stereocenters. The Morgan fingerprint density at radius 2 is 1.92 bits per heavy atom. The van der Waals surface area contributed by atoms with Gasteiger partial charge in [-0.2, -0.15) is 0 Å². The summed E-state index contributed by atoms with van der Waals surface area (Å²) in [5.41, 5.74) is 2.33. The molecule has 2 aromatic heterocycles. The van der Waals surface area contributed by atoms with Gasteiger partial charge in [0, 0.05) is 37.1 Å². The highest BCUT2D eigenvalue weighted by molar-refractivity contribution is 5.93. The number of phenols is 1. The van der Waals surface area contributed by atoms with Crippen molar-refractivity contribution in [3.05, 3.63) is 66.1 Å². The van der Waals surface area contributed by atoms with Gasteiger partial charge in [-0.3, -0.25) is 9.78 Å². The van der Waals surface area contributed by atoms with Crippen molar-refractivity contribution in [1.82, 2.24) is 15.0 Å². The summed E-state index contributed by atoms with van der Waals surface area (Å²) in [4.78, 5) is 18.6. The van der Waals surface area contributed by atoms with Crippen molar-refractivity contribution in [1.29, 1.82) is 0 Å². The SMILES string of the molecule is O=C(c1cc(-c2cccnc2)on1)N1CCC(c2ccc(O)cc2)CC1. The minimum Gasteiger partial charge on any atom is -0.508 e. The Kier molecular flexibility index (Phi) is 4.39. The third-order valence-corrected chi connectivity index (χ3v) is 4.82. The Morgan fingerprint density at radius 1 is 1.15 bits per heavy atom. The molecule has 6 heteroatoms. The van der Waals surface area contributed by atoms with Gasteiger partial charge < -0.3 is 14.5 Å². The summed E-state index contributed by atoms with van der Waals surface area (Å²) in [7, 11) is 0. The third-order valence-electron chi connectivity index (χ3n) is 4.82. The first-order valence-corrected chi connectivity index (χ1v) is 8.66. The van der Waals surface area contributed by atoms with Crippen molar-refractivity contribution in [2.45, 2.75) is 18.8 Å². The number of benzene rings is 1. The second-order valence-corrected chi connectivity index (χ2v) is 6.48. The maximum Gasteiger partial charge on any atom is 0.276 e. The molecule has 0 atom stereocenters. The van der Waals surface area contributed by atoms with Crippen molar-refractivity contribution in [2.75, 3.05) is 13.1 Å². The Hall–Kier alpha value is -3.15. The van der Waals surface area contributed by atoms with Crippen LogP contribution in [-0.4, -0.2) is 39.1 Å². The van der Waals surface area contributed by atoms with Crippen LogP contribution in [0.3, 0.4) is 0 Å². The van der Waals surface area contributed by atoms with Crippen LogP contribution >= 0.6 is 0 Å². The third kappa shape index (κ3) is 3.31. The van der Waals surface area contributed by atoms with Crippen molar-refractivity contribution >= 4 is 5.91 Å². The van der Waals surface area contributed by atoms with Crippen LogP contribution in [0.25, 0.3) is 11.3 Å². The predicted octanol–water partition coefficient (Wildman–Crippen LogP) is 3.46. The molecule has 1 saturated heterocycles. The minimum absolute atomic E-state index is 0.104. The van der Waals surface area contributed by atoms with Gasteiger partial charge in [0.15, 0.2) is 11.5 Å². The number of piperidine rings is 1. The highest BCUT2D eigenvalue weighted by Gasteiger charge is 2.26. The number of aromatic hydroxyl groups is 1. The maximum absolute atomic E-state index is 12.7. The molecule has 0 radical (unpaired) electrons. The smallest absolute Gasteiger partial charge is 0.276 e. The fraction of sp³-hybridized carbons (Fsp3) is 0.250. The van der Waals surface area contributed by atoms with Crippen molar-refractivity contribution in [3.8, 4) is 17.1 Å². The van der Waals surface area contributed by atoms with Crippen LogP contribution in [0.15, 0.2) is 59.4 Å². The quantitative estimate of drug-likeness (QED) is 0.783. The molecule has 0 spiro atoms. The highest BCUT2D eigenvalue weighted by atomic mass is 16.5. The van der Waals surface area contributed by atoms with Gasteiger partial charge in [0.05, 0.1) is 0 Å². The van der Waals surface area contributed by atoms with Gasteiger partial charge in [-0.25, -0.2) is 0 Å². The van der Waals surface area contributed by atoms with E-state index in [4.69, 9.17) is 4.52 Å². The van der Waals surface area contributed by atoms with E-state index in [9.17, 15) is 9.90 Å². The van der Waals surface area contributed by atoms with E-state index in [2.05, 4.69) is 10.1 Å². The van der Waals surface area contributed by atoms with Crippen LogP contribution < -0.4 is 0 Å². The minimum atomic E-state index is -0.104. The number of phenolic OH excluding ortho intramolecular Hbond substituents is 1. The number of likely N-dealkylation sites (tertiary alicyclic amines) is 1. The van der Waals surface area contributed by atoms with Gasteiger partial charge in [-0.15, -0.1) is 0 Å². The lowest BCUT2D eigenvalue weighted by atomic mass is 9.89. The number of carbonyl (C=O) groups excluding carboxylic acids is 1. The molecule has 1 N–H and O–H groups in total. The molecule has 1 aliphatic rings. The Labute approximate surface area is 151 Å². The van der Waals surface area contributed by atoms with Gasteiger partial charge in [-0.05, 0) is 48.6 Å². The summed E-state index contributed by atoms with van der Waals surface area (Å²) in [6.45, 7) is 1.36. The van der Waals surface area contributed by atoms with E-state index < -0.39 is 0 Å². The lowest BCUT2D eigenvalue weighted by Gasteiger charge is -2.31. The van der Waals surface area contributed by atoms with E-state index in [-0.39, 0.29) is 11.7 Å². The summed E-state index contributed by atoms with van der Waals surface area (Å²) >= 11 is 0. The van der Waals surface area contributed by atoms with E-state index in [1.807, 2.05) is 29.2 Å². The van der Waals surface area contributed by atoms with Crippen LogP contribution in [0.4, 0.5) is 0 Å². The number of pyridine rings is 1. The monoisotopic (exact) mass is 349 g/mol. The zero-order chi connectivity index (χ0) is 17.9. The second kappa shape index (κ2) is 7.00. The molecular weight excluding hydrogens is 330 g/mol. The molecule has 6 nitrogen and oxygen atoms in total. The molecule has 4 rings (SSSR count). The molecule has 3 aromatic rings. The molecular formula is C20H19N3O3. The average Bonchev–Trinajstić information content (AvgIpc) is 3.19. The van der Waals surface area contributed by atoms with E-state index in [1.165, 1.54) is 5.56 Å². The normalized spacial score (nSPS) is 15.2. The van der Waals surface area contributed by atoms with Crippen LogP contribution in [0, 0.1) is 0 Å². The van der Waals surface area contributed by atoms with Crippen LogP contribution in [0.1, 0.15) is 34.8 Å². The standard InChI is InChI=1S/C20H19N3O3/c24-17-5-3-14(4-6-17)15-7-10-23(11-8-15)20(25)18-12-19(26-22-18)16-2-1-9-21-13-16/h1-6,9,12-13,15,24H,7-8,10-11H2. The molecule has 1 amide bonds. The zero-order valence-electron chi connectivity index (χ0n) is 14.2. The Morgan fingerprint density at radius 3 is 2.62 bits per heavy atom. The molecule has 0 aliphatic carbocycles. The number of nitrogens with zero attached hydrogens (tertiary/aromatic N) is 3. The number of amides is 1. The van der Waals surface area contributed by atoms with E-state index >= 15 is 0 Å². The largest absolute Gasteiger partial charge is 0.508 e. The summed E-state index contributed by atoms with van der Waals surface area (Å²) in [5, 5.41) is 13.3. The van der Waals surface area contributed by atoms with Gasteiger partial charge in [0.25, 0.3) is 5.91 Å². The summed E-state index contributed by atoms with van der Waals surface area (Å²) in [6.07, 6.45) is 5.15. The average molecular weight is 349 g/mol. The van der Waals surface area contributed by atoms with Crippen molar-refractivity contribution in [2.24, 2.45) is 0 Å². The van der Waals surface area contributed by atoms with Crippen molar-refractivity contribution in [3.63, 3.8) is 0 Å². The Balaban J connectivity index is 1.41. The van der Waals surface area contributed by atoms with Crippen LogP contribution in [0.5, 0.6) is 5.75 Å². The highest BCUT2D eigenvalue weighted by Crippen LogP contribution is 2.30. The van der Waals surface area contributed by atoms with Gasteiger partial charge >= 0.3 is 0 Å².